The molecule has 5 nitrogen and oxygen atoms in total. The molecule has 0 aromatic carbocycles. The van der Waals surface area contributed by atoms with Gasteiger partial charge in [-0.15, -0.1) is 0 Å². The van der Waals surface area contributed by atoms with E-state index in [1.54, 1.807) is 6.92 Å². The van der Waals surface area contributed by atoms with Crippen molar-refractivity contribution in [2.24, 2.45) is 5.92 Å². The van der Waals surface area contributed by atoms with Crippen molar-refractivity contribution in [2.45, 2.75) is 52.0 Å². The fraction of sp³-hybridized carbons (Fsp3) is 0.857. The summed E-state index contributed by atoms with van der Waals surface area (Å²) in [5.74, 6) is 0.511. The van der Waals surface area contributed by atoms with Crippen LogP contribution < -0.4 is 10.6 Å². The number of hydrogen-bond acceptors (Lipinski definition) is 4. The molecule has 1 heterocycles. The summed E-state index contributed by atoms with van der Waals surface area (Å²) in [5.41, 5.74) is 0. The van der Waals surface area contributed by atoms with Crippen LogP contribution in [-0.4, -0.2) is 37.6 Å². The molecule has 2 unspecified atom stereocenters. The lowest BCUT2D eigenvalue weighted by molar-refractivity contribution is -0.143. The topological polar surface area (TPSA) is 67.4 Å². The zero-order valence-electron chi connectivity index (χ0n) is 12.0. The number of esters is 1. The van der Waals surface area contributed by atoms with Crippen LogP contribution in [-0.2, 0) is 14.3 Å². The van der Waals surface area contributed by atoms with Crippen LogP contribution in [0.15, 0.2) is 0 Å². The Balaban J connectivity index is 2.15. The number of nitrogens with one attached hydrogen (secondary N) is 2. The lowest BCUT2D eigenvalue weighted by Crippen LogP contribution is -2.48. The number of carbonyl (C=O) groups is 2. The van der Waals surface area contributed by atoms with Crippen molar-refractivity contribution in [2.75, 3.05) is 19.7 Å². The first-order chi connectivity index (χ1) is 9.17. The van der Waals surface area contributed by atoms with Gasteiger partial charge < -0.3 is 15.4 Å². The molecule has 1 aliphatic rings. The van der Waals surface area contributed by atoms with Crippen LogP contribution in [0.4, 0.5) is 0 Å². The molecule has 1 fully saturated rings. The first kappa shape index (κ1) is 16.0. The van der Waals surface area contributed by atoms with Gasteiger partial charge in [0.15, 0.2) is 0 Å². The summed E-state index contributed by atoms with van der Waals surface area (Å²) in [4.78, 5) is 23.1. The van der Waals surface area contributed by atoms with E-state index in [-0.39, 0.29) is 17.9 Å². The van der Waals surface area contributed by atoms with Gasteiger partial charge in [-0.2, -0.15) is 0 Å². The van der Waals surface area contributed by atoms with Gasteiger partial charge in [0.25, 0.3) is 0 Å². The van der Waals surface area contributed by atoms with Crippen molar-refractivity contribution < 1.29 is 14.3 Å². The second kappa shape index (κ2) is 8.91. The van der Waals surface area contributed by atoms with Gasteiger partial charge in [0.05, 0.1) is 12.6 Å². The van der Waals surface area contributed by atoms with Gasteiger partial charge in [0, 0.05) is 13.0 Å². The second-order valence-corrected chi connectivity index (χ2v) is 5.00. The van der Waals surface area contributed by atoms with E-state index in [0.717, 1.165) is 25.8 Å². The Labute approximate surface area is 115 Å². The number of carbonyl (C=O) groups excluding carboxylic acids is 2. The average molecular weight is 270 g/mol. The van der Waals surface area contributed by atoms with Crippen molar-refractivity contribution in [1.29, 1.82) is 0 Å². The first-order valence-electron chi connectivity index (χ1n) is 7.34. The van der Waals surface area contributed by atoms with Crippen LogP contribution in [0, 0.1) is 5.92 Å². The Morgan fingerprint density at radius 3 is 2.84 bits per heavy atom. The molecule has 0 aromatic heterocycles. The minimum absolute atomic E-state index is 0.0574. The molecular weight excluding hydrogens is 244 g/mol. The van der Waals surface area contributed by atoms with E-state index in [1.807, 2.05) is 0 Å². The van der Waals surface area contributed by atoms with Gasteiger partial charge in [-0.3, -0.25) is 9.59 Å². The molecule has 1 saturated heterocycles. The SMILES string of the molecule is CCOC(=O)CCCNC(=O)C1CC(CC)CCN1. The van der Waals surface area contributed by atoms with Gasteiger partial charge in [0.1, 0.15) is 0 Å². The monoisotopic (exact) mass is 270 g/mol. The van der Waals surface area contributed by atoms with Crippen molar-refractivity contribution in [3.8, 4) is 0 Å². The largest absolute Gasteiger partial charge is 0.466 e. The molecule has 0 aliphatic carbocycles. The summed E-state index contributed by atoms with van der Waals surface area (Å²) in [5, 5.41) is 6.13. The van der Waals surface area contributed by atoms with Crippen molar-refractivity contribution in [1.82, 2.24) is 10.6 Å². The number of amides is 1. The quantitative estimate of drug-likeness (QED) is 0.539. The zero-order chi connectivity index (χ0) is 14.1. The number of hydrogen-bond donors (Lipinski definition) is 2. The molecule has 0 radical (unpaired) electrons. The standard InChI is InChI=1S/C14H26N2O3/c1-3-11-7-9-15-12(10-11)14(18)16-8-5-6-13(17)19-4-2/h11-12,15H,3-10H2,1-2H3,(H,16,18). The molecule has 0 aromatic rings. The molecule has 2 N–H and O–H groups in total. The molecule has 110 valence electrons. The summed E-state index contributed by atoms with van der Waals surface area (Å²) in [7, 11) is 0. The summed E-state index contributed by atoms with van der Waals surface area (Å²) in [6.07, 6.45) is 4.20. The highest BCUT2D eigenvalue weighted by Gasteiger charge is 2.25. The highest BCUT2D eigenvalue weighted by Crippen LogP contribution is 2.19. The Morgan fingerprint density at radius 1 is 1.37 bits per heavy atom. The first-order valence-corrected chi connectivity index (χ1v) is 7.34. The molecule has 1 amide bonds. The molecule has 1 aliphatic heterocycles. The normalized spacial score (nSPS) is 22.8. The maximum absolute atomic E-state index is 11.9. The fourth-order valence-corrected chi connectivity index (χ4v) is 2.37. The van der Waals surface area contributed by atoms with Gasteiger partial charge in [-0.05, 0) is 38.6 Å². The van der Waals surface area contributed by atoms with Crippen LogP contribution in [0.25, 0.3) is 0 Å². The van der Waals surface area contributed by atoms with Crippen LogP contribution in [0.2, 0.25) is 0 Å². The Morgan fingerprint density at radius 2 is 2.16 bits per heavy atom. The van der Waals surface area contributed by atoms with Crippen LogP contribution >= 0.6 is 0 Å². The molecule has 0 spiro atoms. The second-order valence-electron chi connectivity index (χ2n) is 5.00. The number of rotatable bonds is 7. The molecule has 19 heavy (non-hydrogen) atoms. The fourth-order valence-electron chi connectivity index (χ4n) is 2.37. The van der Waals surface area contributed by atoms with E-state index in [4.69, 9.17) is 4.74 Å². The molecule has 2 atom stereocenters. The molecule has 0 bridgehead atoms. The summed E-state index contributed by atoms with van der Waals surface area (Å²) in [6, 6.07) is -0.0682. The Hall–Kier alpha value is -1.10. The smallest absolute Gasteiger partial charge is 0.305 e. The minimum Gasteiger partial charge on any atom is -0.466 e. The number of piperidine rings is 1. The third kappa shape index (κ3) is 6.05. The third-order valence-corrected chi connectivity index (χ3v) is 3.57. The van der Waals surface area contributed by atoms with Gasteiger partial charge in [0.2, 0.25) is 5.91 Å². The summed E-state index contributed by atoms with van der Waals surface area (Å²) < 4.78 is 4.83. The van der Waals surface area contributed by atoms with Crippen molar-refractivity contribution in [3.05, 3.63) is 0 Å². The minimum atomic E-state index is -0.196. The van der Waals surface area contributed by atoms with Crippen molar-refractivity contribution >= 4 is 11.9 Å². The van der Waals surface area contributed by atoms with E-state index in [1.165, 1.54) is 0 Å². The van der Waals surface area contributed by atoms with Gasteiger partial charge >= 0.3 is 5.97 Å². The Kier molecular flexibility index (Phi) is 7.48. The molecule has 1 rings (SSSR count). The highest BCUT2D eigenvalue weighted by atomic mass is 16.5. The maximum atomic E-state index is 11.9. The molecular formula is C14H26N2O3. The van der Waals surface area contributed by atoms with E-state index in [2.05, 4.69) is 17.6 Å². The predicted octanol–water partition coefficient (Wildman–Crippen LogP) is 1.22. The maximum Gasteiger partial charge on any atom is 0.305 e. The zero-order valence-corrected chi connectivity index (χ0v) is 12.0. The van der Waals surface area contributed by atoms with Crippen LogP contribution in [0.3, 0.4) is 0 Å². The highest BCUT2D eigenvalue weighted by molar-refractivity contribution is 5.81. The van der Waals surface area contributed by atoms with Crippen molar-refractivity contribution in [3.63, 3.8) is 0 Å². The Bertz CT molecular complexity index is 294. The van der Waals surface area contributed by atoms with E-state index >= 15 is 0 Å². The van der Waals surface area contributed by atoms with Gasteiger partial charge in [-0.25, -0.2) is 0 Å². The van der Waals surface area contributed by atoms with E-state index in [0.29, 0.717) is 31.9 Å². The number of ether oxygens (including phenoxy) is 1. The molecule has 5 heteroatoms. The predicted molar refractivity (Wildman–Crippen MR) is 73.7 cm³/mol. The summed E-state index contributed by atoms with van der Waals surface area (Å²) in [6.45, 7) is 5.82. The lowest BCUT2D eigenvalue weighted by atomic mass is 9.90. The van der Waals surface area contributed by atoms with Crippen LogP contribution in [0.5, 0.6) is 0 Å². The van der Waals surface area contributed by atoms with E-state index < -0.39 is 0 Å². The average Bonchev–Trinajstić information content (AvgIpc) is 2.43. The summed E-state index contributed by atoms with van der Waals surface area (Å²) >= 11 is 0. The molecule has 0 saturated carbocycles. The van der Waals surface area contributed by atoms with E-state index in [9.17, 15) is 9.59 Å². The van der Waals surface area contributed by atoms with Gasteiger partial charge in [-0.1, -0.05) is 13.3 Å². The van der Waals surface area contributed by atoms with Crippen LogP contribution in [0.1, 0.15) is 46.0 Å². The lowest BCUT2D eigenvalue weighted by Gasteiger charge is -2.28. The third-order valence-electron chi connectivity index (χ3n) is 3.57.